The Balaban J connectivity index is 1.40. The van der Waals surface area contributed by atoms with Gasteiger partial charge in [0.15, 0.2) is 0 Å². The maximum Gasteiger partial charge on any atom is 0.238 e. The number of nitrogens with zero attached hydrogens (tertiary/aromatic N) is 4. The van der Waals surface area contributed by atoms with Gasteiger partial charge in [-0.05, 0) is 35.9 Å². The molecule has 1 saturated heterocycles. The molecule has 9 nitrogen and oxygen atoms in total. The monoisotopic (exact) mass is 443 g/mol. The van der Waals surface area contributed by atoms with Gasteiger partial charge < -0.3 is 25.6 Å². The van der Waals surface area contributed by atoms with Crippen LogP contribution in [0.2, 0.25) is 0 Å². The third-order valence-corrected chi connectivity index (χ3v) is 5.08. The highest BCUT2D eigenvalue weighted by Gasteiger charge is 2.15. The van der Waals surface area contributed by atoms with E-state index in [2.05, 4.69) is 36.9 Å². The van der Waals surface area contributed by atoms with Crippen molar-refractivity contribution in [3.05, 3.63) is 66.4 Å². The van der Waals surface area contributed by atoms with Crippen molar-refractivity contribution in [2.24, 2.45) is 0 Å². The zero-order valence-electron chi connectivity index (χ0n) is 18.1. The van der Waals surface area contributed by atoms with E-state index in [0.29, 0.717) is 37.2 Å². The summed E-state index contributed by atoms with van der Waals surface area (Å²) < 4.78 is 5.47. The maximum absolute atomic E-state index is 11.6. The Morgan fingerprint density at radius 3 is 2.82 bits per heavy atom. The number of aromatic nitrogens is 2. The van der Waals surface area contributed by atoms with Crippen molar-refractivity contribution in [1.82, 2.24) is 9.97 Å². The lowest BCUT2D eigenvalue weighted by Crippen LogP contribution is -2.36. The van der Waals surface area contributed by atoms with E-state index in [1.54, 1.807) is 18.3 Å². The molecule has 4 rings (SSSR count). The van der Waals surface area contributed by atoms with Gasteiger partial charge in [-0.2, -0.15) is 10.2 Å². The van der Waals surface area contributed by atoms with Gasteiger partial charge in [0.1, 0.15) is 12.2 Å². The summed E-state index contributed by atoms with van der Waals surface area (Å²) in [4.78, 5) is 22.9. The van der Waals surface area contributed by atoms with Gasteiger partial charge in [-0.1, -0.05) is 24.3 Å². The molecule has 0 atom stereocenters. The van der Waals surface area contributed by atoms with Crippen LogP contribution in [0.15, 0.2) is 60.8 Å². The van der Waals surface area contributed by atoms with Gasteiger partial charge in [-0.15, -0.1) is 0 Å². The molecule has 2 aromatic carbocycles. The zero-order valence-corrected chi connectivity index (χ0v) is 18.1. The summed E-state index contributed by atoms with van der Waals surface area (Å²) in [5, 5.41) is 18.0. The highest BCUT2D eigenvalue weighted by molar-refractivity contribution is 5.92. The van der Waals surface area contributed by atoms with E-state index < -0.39 is 0 Å². The van der Waals surface area contributed by atoms with Crippen molar-refractivity contribution < 1.29 is 9.53 Å². The fraction of sp³-hybridized carbons (Fsp3) is 0.250. The molecule has 3 N–H and O–H groups in total. The predicted molar refractivity (Wildman–Crippen MR) is 127 cm³/mol. The first-order valence-electron chi connectivity index (χ1n) is 10.7. The Kier molecular flexibility index (Phi) is 7.30. The summed E-state index contributed by atoms with van der Waals surface area (Å²) in [7, 11) is 0. The van der Waals surface area contributed by atoms with Crippen LogP contribution in [0.25, 0.3) is 0 Å². The van der Waals surface area contributed by atoms with Gasteiger partial charge in [0, 0.05) is 31.5 Å². The number of rotatable bonds is 8. The van der Waals surface area contributed by atoms with E-state index in [0.717, 1.165) is 30.0 Å². The van der Waals surface area contributed by atoms with E-state index in [9.17, 15) is 4.79 Å². The molecule has 1 aliphatic rings. The summed E-state index contributed by atoms with van der Waals surface area (Å²) in [6, 6.07) is 19.2. The Morgan fingerprint density at radius 1 is 1.12 bits per heavy atom. The second-order valence-corrected chi connectivity index (χ2v) is 7.44. The van der Waals surface area contributed by atoms with E-state index in [1.165, 1.54) is 0 Å². The molecule has 168 valence electrons. The third kappa shape index (κ3) is 6.18. The van der Waals surface area contributed by atoms with Gasteiger partial charge in [0.25, 0.3) is 0 Å². The molecule has 0 unspecified atom stereocenters. The summed E-state index contributed by atoms with van der Waals surface area (Å²) in [5.41, 5.74) is 3.66. The van der Waals surface area contributed by atoms with Crippen LogP contribution in [-0.4, -0.2) is 42.2 Å². The lowest BCUT2D eigenvalue weighted by atomic mass is 10.2. The van der Waals surface area contributed by atoms with Crippen molar-refractivity contribution in [2.45, 2.75) is 13.0 Å². The first kappa shape index (κ1) is 22.0. The van der Waals surface area contributed by atoms with E-state index in [1.807, 2.05) is 42.5 Å². The highest BCUT2D eigenvalue weighted by Crippen LogP contribution is 2.28. The molecule has 0 saturated carbocycles. The number of carbonyl (C=O) groups is 1. The number of hydrogen-bond acceptors (Lipinski definition) is 8. The molecular formula is C24H25N7O2. The second kappa shape index (κ2) is 10.9. The van der Waals surface area contributed by atoms with Crippen molar-refractivity contribution in [3.8, 4) is 6.07 Å². The van der Waals surface area contributed by atoms with Crippen LogP contribution in [0.5, 0.6) is 0 Å². The van der Waals surface area contributed by atoms with Crippen LogP contribution >= 0.6 is 0 Å². The molecular weight excluding hydrogens is 418 g/mol. The number of ether oxygens (including phenoxy) is 1. The fourth-order valence-electron chi connectivity index (χ4n) is 3.53. The van der Waals surface area contributed by atoms with Crippen LogP contribution < -0.4 is 20.9 Å². The second-order valence-electron chi connectivity index (χ2n) is 7.44. The first-order valence-corrected chi connectivity index (χ1v) is 10.7. The zero-order chi connectivity index (χ0) is 22.9. The molecule has 1 fully saturated rings. The Hall–Kier alpha value is -4.16. The normalized spacial score (nSPS) is 13.1. The van der Waals surface area contributed by atoms with Crippen LogP contribution in [-0.2, 0) is 16.1 Å². The van der Waals surface area contributed by atoms with Crippen molar-refractivity contribution >= 4 is 34.7 Å². The lowest BCUT2D eigenvalue weighted by molar-refractivity contribution is -0.115. The van der Waals surface area contributed by atoms with Gasteiger partial charge >= 0.3 is 0 Å². The predicted octanol–water partition coefficient (Wildman–Crippen LogP) is 3.52. The molecule has 33 heavy (non-hydrogen) atoms. The molecule has 0 bridgehead atoms. The Bertz CT molecular complexity index is 1140. The average Bonchev–Trinajstić information content (AvgIpc) is 2.84. The number of nitrogens with one attached hydrogen (secondary N) is 3. The Morgan fingerprint density at radius 2 is 1.97 bits per heavy atom. The average molecular weight is 444 g/mol. The summed E-state index contributed by atoms with van der Waals surface area (Å²) in [6.07, 6.45) is 1.53. The number of morpholine rings is 1. The lowest BCUT2D eigenvalue weighted by Gasteiger charge is -2.30. The topological polar surface area (TPSA) is 115 Å². The van der Waals surface area contributed by atoms with Crippen LogP contribution in [0.4, 0.5) is 28.8 Å². The molecule has 1 amide bonds. The number of benzene rings is 2. The molecule has 0 radical (unpaired) electrons. The number of hydrogen-bond donors (Lipinski definition) is 3. The van der Waals surface area contributed by atoms with Crippen molar-refractivity contribution in [2.75, 3.05) is 47.2 Å². The van der Waals surface area contributed by atoms with Crippen LogP contribution in [0.3, 0.4) is 0 Å². The summed E-state index contributed by atoms with van der Waals surface area (Å²) in [5.74, 6) is 0.847. The van der Waals surface area contributed by atoms with Gasteiger partial charge in [0.2, 0.25) is 11.9 Å². The minimum absolute atomic E-state index is 0.173. The number of para-hydroxylation sites is 2. The fourth-order valence-corrected chi connectivity index (χ4v) is 3.53. The Labute approximate surface area is 192 Å². The molecule has 3 aromatic rings. The third-order valence-electron chi connectivity index (χ3n) is 5.08. The van der Waals surface area contributed by atoms with E-state index >= 15 is 0 Å². The van der Waals surface area contributed by atoms with Gasteiger partial charge in [-0.3, -0.25) is 4.79 Å². The largest absolute Gasteiger partial charge is 0.378 e. The number of carbonyl (C=O) groups excluding carboxylic acids is 1. The molecule has 9 heteroatoms. The smallest absolute Gasteiger partial charge is 0.238 e. The van der Waals surface area contributed by atoms with E-state index in [4.69, 9.17) is 10.00 Å². The number of nitriles is 1. The van der Waals surface area contributed by atoms with Gasteiger partial charge in [0.05, 0.1) is 30.7 Å². The van der Waals surface area contributed by atoms with Crippen LogP contribution in [0, 0.1) is 11.3 Å². The quantitative estimate of drug-likeness (QED) is 0.484. The summed E-state index contributed by atoms with van der Waals surface area (Å²) >= 11 is 0. The summed E-state index contributed by atoms with van der Waals surface area (Å²) in [6.45, 7) is 3.64. The number of amides is 1. The maximum atomic E-state index is 11.6. The minimum atomic E-state index is -0.327. The highest BCUT2D eigenvalue weighted by atomic mass is 16.5. The molecule has 0 aliphatic carbocycles. The van der Waals surface area contributed by atoms with Crippen molar-refractivity contribution in [1.29, 1.82) is 5.26 Å². The first-order chi connectivity index (χ1) is 16.2. The van der Waals surface area contributed by atoms with Crippen molar-refractivity contribution in [3.63, 3.8) is 0 Å². The molecule has 2 heterocycles. The van der Waals surface area contributed by atoms with Gasteiger partial charge in [-0.25, -0.2) is 4.98 Å². The standard InChI is InChI=1S/C24H25N7O2/c25-10-8-23(32)28-19-5-3-4-18(16-19)17-27-22-9-11-26-24(30-22)29-20-6-1-2-7-21(20)31-12-14-33-15-13-31/h1-7,9,11,16H,8,12-15,17H2,(H,28,32)(H2,26,27,29,30). The molecule has 0 spiro atoms. The van der Waals surface area contributed by atoms with Crippen LogP contribution in [0.1, 0.15) is 12.0 Å². The number of anilines is 5. The minimum Gasteiger partial charge on any atom is -0.378 e. The van der Waals surface area contributed by atoms with E-state index in [-0.39, 0.29) is 12.3 Å². The molecule has 1 aliphatic heterocycles. The SMILES string of the molecule is N#CCC(=O)Nc1cccc(CNc2ccnc(Nc3ccccc3N3CCOCC3)n2)c1. The molecule has 1 aromatic heterocycles.